The number of fused-ring (bicyclic) bond motifs is 9. The van der Waals surface area contributed by atoms with Gasteiger partial charge in [-0.1, -0.05) is 210 Å². The molecule has 0 N–H and O–H groups in total. The van der Waals surface area contributed by atoms with Gasteiger partial charge in [0.05, 0.1) is 11.2 Å². The van der Waals surface area contributed by atoms with Crippen LogP contribution in [0.5, 0.6) is 0 Å². The van der Waals surface area contributed by atoms with Gasteiger partial charge in [0.2, 0.25) is 0 Å². The number of anilines is 8. The molecule has 424 valence electrons. The highest BCUT2D eigenvalue weighted by Gasteiger charge is 2.59. The number of hydrogen-bond donors (Lipinski definition) is 0. The van der Waals surface area contributed by atoms with Crippen LogP contribution in [0.15, 0.2) is 127 Å². The fraction of sp³-hybridized carbons (Fsp3) is 0.462. The Bertz CT molecular complexity index is 3770. The van der Waals surface area contributed by atoms with Crippen LogP contribution in [0.1, 0.15) is 227 Å². The van der Waals surface area contributed by atoms with Crippen molar-refractivity contribution in [2.45, 2.75) is 232 Å². The van der Waals surface area contributed by atoms with Crippen molar-refractivity contribution in [2.24, 2.45) is 0 Å². The fourth-order valence-electron chi connectivity index (χ4n) is 16.5. The molecule has 0 bridgehead atoms. The van der Waals surface area contributed by atoms with E-state index in [1.807, 2.05) is 0 Å². The Hall–Kier alpha value is -6.00. The van der Waals surface area contributed by atoms with Crippen molar-refractivity contribution in [3.8, 4) is 11.1 Å². The molecule has 3 nitrogen and oxygen atoms in total. The van der Waals surface area contributed by atoms with Crippen LogP contribution < -0.4 is 31.1 Å². The summed E-state index contributed by atoms with van der Waals surface area (Å²) in [6, 6.07) is 52.4. The molecule has 0 radical (unpaired) electrons. The van der Waals surface area contributed by atoms with E-state index >= 15 is 0 Å². The normalized spacial score (nSPS) is 22.6. The summed E-state index contributed by atoms with van der Waals surface area (Å²) in [5.74, 6) is 0. The number of rotatable bonds is 4. The van der Waals surface area contributed by atoms with Gasteiger partial charge < -0.3 is 14.7 Å². The first kappa shape index (κ1) is 55.2. The summed E-state index contributed by atoms with van der Waals surface area (Å²) < 4.78 is 0. The van der Waals surface area contributed by atoms with Crippen LogP contribution in [0, 0.1) is 0 Å². The zero-order chi connectivity index (χ0) is 58.4. The van der Waals surface area contributed by atoms with E-state index in [1.165, 1.54) is 156 Å². The van der Waals surface area contributed by atoms with Crippen molar-refractivity contribution in [1.82, 2.24) is 0 Å². The second-order valence-corrected chi connectivity index (χ2v) is 32.7. The van der Waals surface area contributed by atoms with E-state index in [2.05, 4.69) is 274 Å². The summed E-state index contributed by atoms with van der Waals surface area (Å²) in [5.41, 5.74) is 28.6. The highest BCUT2D eigenvalue weighted by atomic mass is 15.3. The van der Waals surface area contributed by atoms with Crippen molar-refractivity contribution in [3.05, 3.63) is 172 Å². The zero-order valence-corrected chi connectivity index (χ0v) is 53.7. The van der Waals surface area contributed by atoms with Crippen molar-refractivity contribution in [2.75, 3.05) is 14.7 Å². The molecule has 0 aromatic heterocycles. The van der Waals surface area contributed by atoms with E-state index in [4.69, 9.17) is 0 Å². The van der Waals surface area contributed by atoms with Crippen LogP contribution in [-0.4, -0.2) is 12.3 Å². The van der Waals surface area contributed by atoms with Gasteiger partial charge in [0.25, 0.3) is 6.71 Å². The summed E-state index contributed by atoms with van der Waals surface area (Å²) in [6.07, 6.45) is 9.45. The standard InChI is InChI=1S/C78H94BN3/c1-70(2,3)50-27-32-63(55(41-50)49-25-21-20-22-26-49)81-65-34-29-52(72(7,8)9)43-61(65)79-62-47-58-59(76(16,17)40-39-75(58,14)15)48-66(62)80(53-30-31-56-57(44-53)74(12,13)38-37-73(56,10)11)67-45-54(46-68(81)69(67)79)82-64-33-28-51(71(4,5)6)42-60(64)77(18)35-23-24-36-78(77,82)19/h20-22,25-34,41-48H,23-24,35-40H2,1-19H3. The van der Waals surface area contributed by atoms with Gasteiger partial charge in [-0.2, -0.15) is 0 Å². The molecule has 0 saturated heterocycles. The molecule has 1 fully saturated rings. The van der Waals surface area contributed by atoms with Crippen LogP contribution in [-0.2, 0) is 43.3 Å². The molecule has 4 heteroatoms. The smallest absolute Gasteiger partial charge is 0.252 e. The minimum Gasteiger partial charge on any atom is -0.334 e. The van der Waals surface area contributed by atoms with E-state index in [1.54, 1.807) is 0 Å². The second-order valence-electron chi connectivity index (χ2n) is 32.7. The Kier molecular flexibility index (Phi) is 12.0. The lowest BCUT2D eigenvalue weighted by Gasteiger charge is -2.51. The number of hydrogen-bond acceptors (Lipinski definition) is 3. The Morgan fingerprint density at radius 2 is 0.866 bits per heavy atom. The minimum absolute atomic E-state index is 0.0135. The first-order valence-corrected chi connectivity index (χ1v) is 31.7. The van der Waals surface area contributed by atoms with Crippen molar-refractivity contribution in [3.63, 3.8) is 0 Å². The highest BCUT2D eigenvalue weighted by Crippen LogP contribution is 2.63. The molecule has 2 atom stereocenters. The van der Waals surface area contributed by atoms with Crippen molar-refractivity contribution in [1.29, 1.82) is 0 Å². The molecule has 7 aromatic carbocycles. The SMILES string of the molecule is CC(C)(C)c1ccc2c(c1)B1c3cc4c(cc3N(c3ccc5c(c3)C(C)(C)CCC5(C)C)c3cc(N5c6ccc(C(C)(C)C)cc6C6(C)CCCCC56C)cc(c31)N2c1ccc(C(C)(C)C)cc1-c1ccccc1)C(C)(C)CCC4(C)C. The molecule has 2 unspecified atom stereocenters. The van der Waals surface area contributed by atoms with E-state index in [9.17, 15) is 0 Å². The van der Waals surface area contributed by atoms with Gasteiger partial charge >= 0.3 is 0 Å². The number of nitrogens with zero attached hydrogens (tertiary/aromatic N) is 3. The van der Waals surface area contributed by atoms with Gasteiger partial charge in [-0.25, -0.2) is 0 Å². The average Bonchev–Trinajstić information content (AvgIpc) is 1.79. The Balaban J connectivity index is 1.21. The molecule has 0 amide bonds. The van der Waals surface area contributed by atoms with Crippen LogP contribution >= 0.6 is 0 Å². The summed E-state index contributed by atoms with van der Waals surface area (Å²) >= 11 is 0. The third-order valence-electron chi connectivity index (χ3n) is 22.4. The molecule has 1 saturated carbocycles. The van der Waals surface area contributed by atoms with Crippen LogP contribution in [0.3, 0.4) is 0 Å². The summed E-state index contributed by atoms with van der Waals surface area (Å²) in [7, 11) is 0. The van der Waals surface area contributed by atoms with Crippen LogP contribution in [0.25, 0.3) is 11.1 Å². The molecule has 6 aliphatic rings. The first-order chi connectivity index (χ1) is 38.3. The monoisotopic (exact) mass is 1080 g/mol. The van der Waals surface area contributed by atoms with Gasteiger partial charge in [-0.3, -0.25) is 0 Å². The quantitative estimate of drug-likeness (QED) is 0.163. The maximum atomic E-state index is 2.88. The maximum Gasteiger partial charge on any atom is 0.252 e. The fourth-order valence-corrected chi connectivity index (χ4v) is 16.5. The molecule has 7 aromatic rings. The van der Waals surface area contributed by atoms with E-state index in [-0.39, 0.29) is 55.6 Å². The highest BCUT2D eigenvalue weighted by molar-refractivity contribution is 7.00. The van der Waals surface area contributed by atoms with E-state index < -0.39 is 0 Å². The van der Waals surface area contributed by atoms with Crippen LogP contribution in [0.2, 0.25) is 0 Å². The van der Waals surface area contributed by atoms with E-state index in [0.717, 1.165) is 12.8 Å². The zero-order valence-electron chi connectivity index (χ0n) is 53.7. The largest absolute Gasteiger partial charge is 0.334 e. The number of benzene rings is 7. The molecular formula is C78H94BN3. The minimum atomic E-state index is -0.166. The third kappa shape index (κ3) is 8.15. The third-order valence-corrected chi connectivity index (χ3v) is 22.4. The van der Waals surface area contributed by atoms with Gasteiger partial charge in [-0.05, 0) is 204 Å². The Labute approximate surface area is 495 Å². The lowest BCUT2D eigenvalue weighted by atomic mass is 9.33. The summed E-state index contributed by atoms with van der Waals surface area (Å²) in [4.78, 5) is 8.41. The van der Waals surface area contributed by atoms with Gasteiger partial charge in [-0.15, -0.1) is 0 Å². The lowest BCUT2D eigenvalue weighted by molar-refractivity contribution is 0.195. The van der Waals surface area contributed by atoms with E-state index in [0.29, 0.717) is 0 Å². The van der Waals surface area contributed by atoms with Crippen molar-refractivity contribution >= 4 is 68.6 Å². The van der Waals surface area contributed by atoms with Crippen LogP contribution in [0.4, 0.5) is 45.5 Å². The molecule has 3 aliphatic heterocycles. The molecule has 3 aliphatic carbocycles. The predicted octanol–water partition coefficient (Wildman–Crippen LogP) is 19.8. The molecule has 82 heavy (non-hydrogen) atoms. The van der Waals surface area contributed by atoms with Gasteiger partial charge in [0, 0.05) is 50.8 Å². The lowest BCUT2D eigenvalue weighted by Crippen LogP contribution is -2.62. The average molecular weight is 1080 g/mol. The topological polar surface area (TPSA) is 9.72 Å². The van der Waals surface area contributed by atoms with Crippen molar-refractivity contribution < 1.29 is 0 Å². The molecule has 3 heterocycles. The maximum absolute atomic E-state index is 2.88. The Morgan fingerprint density at radius 3 is 1.48 bits per heavy atom. The Morgan fingerprint density at radius 1 is 0.366 bits per heavy atom. The molecule has 0 spiro atoms. The molecular weight excluding hydrogens is 990 g/mol. The summed E-state index contributed by atoms with van der Waals surface area (Å²) in [6.45, 7) is 46.7. The van der Waals surface area contributed by atoms with Gasteiger partial charge in [0.15, 0.2) is 0 Å². The summed E-state index contributed by atoms with van der Waals surface area (Å²) in [5, 5.41) is 0. The second kappa shape index (κ2) is 17.8. The molecule has 13 rings (SSSR count). The first-order valence-electron chi connectivity index (χ1n) is 31.7. The predicted molar refractivity (Wildman–Crippen MR) is 355 cm³/mol. The van der Waals surface area contributed by atoms with Gasteiger partial charge in [0.1, 0.15) is 0 Å².